The van der Waals surface area contributed by atoms with E-state index in [4.69, 9.17) is 0 Å². The molecule has 0 spiro atoms. The van der Waals surface area contributed by atoms with Gasteiger partial charge in [0, 0.05) is 0 Å². The van der Waals surface area contributed by atoms with E-state index in [1.807, 2.05) is 0 Å². The molecule has 0 atom stereocenters. The fraction of sp³-hybridized carbons (Fsp3) is 0.600. The number of halogens is 2. The monoisotopic (exact) mass is 147 g/mol. The molecule has 1 heterocycles. The van der Waals surface area contributed by atoms with Gasteiger partial charge in [-0.3, -0.25) is 0 Å². The molecule has 3 nitrogen and oxygen atoms in total. The first kappa shape index (κ1) is 7.11. The second-order valence-corrected chi connectivity index (χ2v) is 1.98. The van der Waals surface area contributed by atoms with Crippen LogP contribution >= 0.6 is 0 Å². The van der Waals surface area contributed by atoms with Crippen molar-refractivity contribution in [3.05, 3.63) is 11.4 Å². The van der Waals surface area contributed by atoms with E-state index in [-0.39, 0.29) is 0 Å². The summed E-state index contributed by atoms with van der Waals surface area (Å²) in [4.78, 5) is 0. The molecule has 0 fully saturated rings. The highest BCUT2D eigenvalue weighted by Crippen LogP contribution is 2.11. The van der Waals surface area contributed by atoms with Crippen LogP contribution in [0.15, 0.2) is 0 Å². The molecule has 0 aliphatic carbocycles. The Kier molecular flexibility index (Phi) is 1.65. The number of alkyl halides is 2. The minimum absolute atomic E-state index is 0.412. The highest BCUT2D eigenvalue weighted by Gasteiger charge is 2.11. The van der Waals surface area contributed by atoms with Gasteiger partial charge in [-0.2, -0.15) is 13.5 Å². The second-order valence-electron chi connectivity index (χ2n) is 1.98. The molecule has 1 rings (SSSR count). The summed E-state index contributed by atoms with van der Waals surface area (Å²) in [5.74, 6) is 0. The van der Waals surface area contributed by atoms with E-state index in [2.05, 4.69) is 10.3 Å². The fourth-order valence-corrected chi connectivity index (χ4v) is 0.606. The van der Waals surface area contributed by atoms with Gasteiger partial charge < -0.3 is 0 Å². The number of aryl methyl sites for hydroxylation is 1. The maximum atomic E-state index is 11.9. The summed E-state index contributed by atoms with van der Waals surface area (Å²) < 4.78 is 24.4. The molecule has 1 aromatic rings. The average Bonchev–Trinajstić information content (AvgIpc) is 2.14. The number of aromatic nitrogens is 3. The third-order valence-electron chi connectivity index (χ3n) is 1.34. The van der Waals surface area contributed by atoms with Gasteiger partial charge in [0.15, 0.2) is 0 Å². The molecular weight excluding hydrogens is 140 g/mol. The minimum atomic E-state index is -2.58. The molecule has 0 saturated heterocycles. The maximum Gasteiger partial charge on any atom is 0.334 e. The van der Waals surface area contributed by atoms with E-state index in [1.54, 1.807) is 13.8 Å². The fourth-order valence-electron chi connectivity index (χ4n) is 0.606. The van der Waals surface area contributed by atoms with Crippen LogP contribution in [-0.4, -0.2) is 15.0 Å². The van der Waals surface area contributed by atoms with Crippen molar-refractivity contribution in [2.24, 2.45) is 0 Å². The molecule has 0 bridgehead atoms. The first-order valence-corrected chi connectivity index (χ1v) is 2.79. The lowest BCUT2D eigenvalue weighted by Gasteiger charge is -1.98. The lowest BCUT2D eigenvalue weighted by molar-refractivity contribution is 0.0524. The topological polar surface area (TPSA) is 30.7 Å². The Balaban J connectivity index is 3.05. The van der Waals surface area contributed by atoms with Crippen molar-refractivity contribution in [3.63, 3.8) is 0 Å². The molecule has 10 heavy (non-hydrogen) atoms. The lowest BCUT2D eigenvalue weighted by Crippen LogP contribution is -2.02. The Morgan fingerprint density at radius 1 is 1.40 bits per heavy atom. The minimum Gasteiger partial charge on any atom is -0.188 e. The predicted octanol–water partition coefficient (Wildman–Crippen LogP) is 1.29. The van der Waals surface area contributed by atoms with Crippen molar-refractivity contribution in [2.45, 2.75) is 20.4 Å². The average molecular weight is 147 g/mol. The molecule has 0 amide bonds. The summed E-state index contributed by atoms with van der Waals surface area (Å²) in [7, 11) is 0. The Hall–Kier alpha value is -1.00. The summed E-state index contributed by atoms with van der Waals surface area (Å²) in [5, 5.41) is 6.70. The number of rotatable bonds is 1. The zero-order valence-electron chi connectivity index (χ0n) is 5.67. The molecule has 0 aliphatic rings. The standard InChI is InChI=1S/C5H7F2N3/c1-3-4(2)10(5(6)7)9-8-3/h5H,1-2H3. The lowest BCUT2D eigenvalue weighted by atomic mass is 10.4. The van der Waals surface area contributed by atoms with Crippen molar-refractivity contribution in [1.29, 1.82) is 0 Å². The third-order valence-corrected chi connectivity index (χ3v) is 1.34. The molecule has 5 heteroatoms. The van der Waals surface area contributed by atoms with E-state index in [1.165, 1.54) is 0 Å². The molecule has 56 valence electrons. The first-order chi connectivity index (χ1) is 4.63. The van der Waals surface area contributed by atoms with Crippen LogP contribution in [0.25, 0.3) is 0 Å². The van der Waals surface area contributed by atoms with Gasteiger partial charge in [0.25, 0.3) is 0 Å². The van der Waals surface area contributed by atoms with Gasteiger partial charge in [0.05, 0.1) is 11.4 Å². The number of hydrogen-bond donors (Lipinski definition) is 0. The largest absolute Gasteiger partial charge is 0.334 e. The number of hydrogen-bond acceptors (Lipinski definition) is 2. The zero-order valence-corrected chi connectivity index (χ0v) is 5.67. The van der Waals surface area contributed by atoms with Crippen molar-refractivity contribution in [2.75, 3.05) is 0 Å². The normalized spacial score (nSPS) is 10.9. The summed E-state index contributed by atoms with van der Waals surface area (Å²) in [6.45, 7) is 0.615. The van der Waals surface area contributed by atoms with Gasteiger partial charge >= 0.3 is 6.55 Å². The van der Waals surface area contributed by atoms with Crippen molar-refractivity contribution < 1.29 is 8.78 Å². The van der Waals surface area contributed by atoms with Crippen LogP contribution in [0, 0.1) is 13.8 Å². The Bertz CT molecular complexity index is 231. The summed E-state index contributed by atoms with van der Waals surface area (Å²) in [5.41, 5.74) is 0.954. The van der Waals surface area contributed by atoms with Crippen molar-refractivity contribution in [3.8, 4) is 0 Å². The summed E-state index contributed by atoms with van der Waals surface area (Å²) >= 11 is 0. The van der Waals surface area contributed by atoms with Crippen LogP contribution in [0.2, 0.25) is 0 Å². The highest BCUT2D eigenvalue weighted by atomic mass is 19.3. The molecule has 0 N–H and O–H groups in total. The van der Waals surface area contributed by atoms with Crippen LogP contribution in [-0.2, 0) is 0 Å². The second kappa shape index (κ2) is 2.32. The van der Waals surface area contributed by atoms with Gasteiger partial charge in [0.1, 0.15) is 0 Å². The highest BCUT2D eigenvalue weighted by molar-refractivity contribution is 5.04. The number of nitrogens with zero attached hydrogens (tertiary/aromatic N) is 3. The molecule has 0 radical (unpaired) electrons. The third kappa shape index (κ3) is 0.984. The van der Waals surface area contributed by atoms with Crippen LogP contribution in [0.3, 0.4) is 0 Å². The quantitative estimate of drug-likeness (QED) is 0.599. The van der Waals surface area contributed by atoms with E-state index in [0.29, 0.717) is 16.1 Å². The predicted molar refractivity (Wildman–Crippen MR) is 30.7 cm³/mol. The van der Waals surface area contributed by atoms with Gasteiger partial charge in [-0.1, -0.05) is 5.21 Å². The molecule has 0 aliphatic heterocycles. The van der Waals surface area contributed by atoms with E-state index < -0.39 is 6.55 Å². The van der Waals surface area contributed by atoms with Crippen molar-refractivity contribution in [1.82, 2.24) is 15.0 Å². The molecule has 0 aromatic carbocycles. The van der Waals surface area contributed by atoms with Gasteiger partial charge in [-0.05, 0) is 13.8 Å². The molecule has 0 unspecified atom stereocenters. The molecule has 1 aromatic heterocycles. The van der Waals surface area contributed by atoms with E-state index in [9.17, 15) is 8.78 Å². The molecule has 0 saturated carbocycles. The zero-order chi connectivity index (χ0) is 7.72. The Morgan fingerprint density at radius 2 is 2.00 bits per heavy atom. The molecular formula is C5H7F2N3. The maximum absolute atomic E-state index is 11.9. The van der Waals surface area contributed by atoms with Crippen LogP contribution < -0.4 is 0 Å². The smallest absolute Gasteiger partial charge is 0.188 e. The van der Waals surface area contributed by atoms with Gasteiger partial charge in [-0.15, -0.1) is 5.10 Å². The van der Waals surface area contributed by atoms with Gasteiger partial charge in [-0.25, -0.2) is 0 Å². The van der Waals surface area contributed by atoms with E-state index >= 15 is 0 Å². The van der Waals surface area contributed by atoms with E-state index in [0.717, 1.165) is 0 Å². The Morgan fingerprint density at radius 3 is 2.20 bits per heavy atom. The summed E-state index contributed by atoms with van der Waals surface area (Å²) in [6.07, 6.45) is 0. The van der Waals surface area contributed by atoms with Crippen LogP contribution in [0.5, 0.6) is 0 Å². The Labute approximate surface area is 56.7 Å². The van der Waals surface area contributed by atoms with Crippen LogP contribution in [0.1, 0.15) is 17.9 Å². The first-order valence-electron chi connectivity index (χ1n) is 2.79. The summed E-state index contributed by atoms with van der Waals surface area (Å²) in [6, 6.07) is 0. The van der Waals surface area contributed by atoms with Gasteiger partial charge in [0.2, 0.25) is 0 Å². The van der Waals surface area contributed by atoms with Crippen molar-refractivity contribution >= 4 is 0 Å². The van der Waals surface area contributed by atoms with Crippen LogP contribution in [0.4, 0.5) is 8.78 Å². The SMILES string of the molecule is Cc1nnn(C(F)F)c1C.